The second-order valence-corrected chi connectivity index (χ2v) is 8.38. The number of nitrogens with zero attached hydrogens (tertiary/aromatic N) is 4. The summed E-state index contributed by atoms with van der Waals surface area (Å²) >= 11 is 0. The number of ether oxygens (including phenoxy) is 1. The van der Waals surface area contributed by atoms with Gasteiger partial charge >= 0.3 is 0 Å². The van der Waals surface area contributed by atoms with E-state index in [2.05, 4.69) is 9.80 Å². The van der Waals surface area contributed by atoms with E-state index >= 15 is 0 Å². The monoisotopic (exact) mass is 418 g/mol. The van der Waals surface area contributed by atoms with Gasteiger partial charge in [0, 0.05) is 37.9 Å². The molecule has 9 nitrogen and oxygen atoms in total. The Labute approximate surface area is 177 Å². The average molecular weight is 419 g/mol. The molecule has 0 bridgehead atoms. The molecule has 4 rings (SSSR count). The third-order valence-corrected chi connectivity index (χ3v) is 6.45. The molecular weight excluding hydrogens is 386 g/mol. The zero-order valence-corrected chi connectivity index (χ0v) is 17.6. The second kappa shape index (κ2) is 9.61. The number of nitrogens with one attached hydrogen (secondary N) is 1. The van der Waals surface area contributed by atoms with Crippen molar-refractivity contribution in [1.29, 1.82) is 0 Å². The standard InChI is InChI=1S/C21H31N5O4/c27-21(25-12-14-30-15-13-25)17-22-8-10-23(11-9-22)18-4-5-19(26(28)29)20(16-18)24-6-2-1-3-7-24/h4-5,16H,1-3,6-15,17H2/p+1. The van der Waals surface area contributed by atoms with Gasteiger partial charge in [0.05, 0.1) is 44.3 Å². The van der Waals surface area contributed by atoms with Crippen LogP contribution < -0.4 is 14.7 Å². The van der Waals surface area contributed by atoms with Crippen LogP contribution in [0, 0.1) is 10.1 Å². The number of rotatable bonds is 5. The smallest absolute Gasteiger partial charge is 0.292 e. The Morgan fingerprint density at radius 3 is 2.37 bits per heavy atom. The minimum absolute atomic E-state index is 0.195. The van der Waals surface area contributed by atoms with Gasteiger partial charge in [-0.25, -0.2) is 0 Å². The molecule has 1 aromatic carbocycles. The third kappa shape index (κ3) is 4.84. The number of anilines is 2. The predicted octanol–water partition coefficient (Wildman–Crippen LogP) is 0.149. The summed E-state index contributed by atoms with van der Waals surface area (Å²) in [5, 5.41) is 11.5. The number of morpholine rings is 1. The van der Waals surface area contributed by atoms with Crippen molar-refractivity contribution in [2.75, 3.05) is 81.9 Å². The van der Waals surface area contributed by atoms with Crippen molar-refractivity contribution in [2.24, 2.45) is 0 Å². The Hall–Kier alpha value is -2.39. The molecule has 0 spiro atoms. The van der Waals surface area contributed by atoms with Crippen molar-refractivity contribution in [2.45, 2.75) is 19.3 Å². The Morgan fingerprint density at radius 2 is 1.70 bits per heavy atom. The van der Waals surface area contributed by atoms with Crippen LogP contribution >= 0.6 is 0 Å². The third-order valence-electron chi connectivity index (χ3n) is 6.45. The SMILES string of the molecule is O=C(C[NH+]1CCN(c2ccc([N+](=O)[O-])c(N3CCCCC3)c2)CC1)N1CCOCC1. The molecule has 0 radical (unpaired) electrons. The lowest BCUT2D eigenvalue weighted by molar-refractivity contribution is -0.892. The summed E-state index contributed by atoms with van der Waals surface area (Å²) < 4.78 is 5.33. The van der Waals surface area contributed by atoms with Crippen molar-refractivity contribution in [3.8, 4) is 0 Å². The number of amides is 1. The van der Waals surface area contributed by atoms with Gasteiger partial charge in [-0.05, 0) is 31.4 Å². The lowest BCUT2D eigenvalue weighted by Gasteiger charge is -2.35. The van der Waals surface area contributed by atoms with Crippen molar-refractivity contribution in [1.82, 2.24) is 4.90 Å². The van der Waals surface area contributed by atoms with Crippen molar-refractivity contribution in [3.63, 3.8) is 0 Å². The molecule has 1 aromatic rings. The van der Waals surface area contributed by atoms with Gasteiger partial charge in [0.15, 0.2) is 6.54 Å². The van der Waals surface area contributed by atoms with E-state index in [-0.39, 0.29) is 16.5 Å². The van der Waals surface area contributed by atoms with Crippen LogP contribution in [0.15, 0.2) is 18.2 Å². The van der Waals surface area contributed by atoms with Crippen molar-refractivity contribution >= 4 is 23.0 Å². The van der Waals surface area contributed by atoms with Crippen molar-refractivity contribution < 1.29 is 19.4 Å². The molecule has 164 valence electrons. The zero-order valence-electron chi connectivity index (χ0n) is 17.6. The molecule has 0 aliphatic carbocycles. The molecular formula is C21H32N5O4+. The number of nitro benzene ring substituents is 1. The van der Waals surface area contributed by atoms with Gasteiger partial charge in [-0.15, -0.1) is 0 Å². The zero-order chi connectivity index (χ0) is 20.9. The molecule has 9 heteroatoms. The van der Waals surface area contributed by atoms with Gasteiger partial charge in [-0.2, -0.15) is 0 Å². The van der Waals surface area contributed by atoms with Crippen LogP contribution in [0.1, 0.15) is 19.3 Å². The average Bonchev–Trinajstić information content (AvgIpc) is 2.80. The highest BCUT2D eigenvalue weighted by atomic mass is 16.6. The van der Waals surface area contributed by atoms with Crippen LogP contribution in [0.3, 0.4) is 0 Å². The van der Waals surface area contributed by atoms with E-state index in [9.17, 15) is 14.9 Å². The topological polar surface area (TPSA) is 83.6 Å². The van der Waals surface area contributed by atoms with Crippen LogP contribution in [-0.4, -0.2) is 87.8 Å². The van der Waals surface area contributed by atoms with Gasteiger partial charge < -0.3 is 24.3 Å². The van der Waals surface area contributed by atoms with Crippen LogP contribution in [0.4, 0.5) is 17.1 Å². The highest BCUT2D eigenvalue weighted by molar-refractivity contribution is 5.77. The van der Waals surface area contributed by atoms with Crippen molar-refractivity contribution in [3.05, 3.63) is 28.3 Å². The Balaban J connectivity index is 1.38. The predicted molar refractivity (Wildman–Crippen MR) is 114 cm³/mol. The number of benzene rings is 1. The van der Waals surface area contributed by atoms with E-state index in [4.69, 9.17) is 4.74 Å². The molecule has 0 atom stereocenters. The highest BCUT2D eigenvalue weighted by Crippen LogP contribution is 2.34. The molecule has 1 amide bonds. The fourth-order valence-electron chi connectivity index (χ4n) is 4.65. The number of carbonyl (C=O) groups is 1. The van der Waals surface area contributed by atoms with E-state index in [0.29, 0.717) is 32.8 Å². The van der Waals surface area contributed by atoms with E-state index in [1.807, 2.05) is 17.0 Å². The summed E-state index contributed by atoms with van der Waals surface area (Å²) in [6.45, 7) is 8.44. The van der Waals surface area contributed by atoms with Crippen LogP contribution in [0.2, 0.25) is 0 Å². The molecule has 3 heterocycles. The van der Waals surface area contributed by atoms with Gasteiger partial charge in [0.1, 0.15) is 5.69 Å². The number of piperidine rings is 1. The minimum Gasteiger partial charge on any atom is -0.378 e. The summed E-state index contributed by atoms with van der Waals surface area (Å²) in [6.07, 6.45) is 3.36. The maximum Gasteiger partial charge on any atom is 0.292 e. The second-order valence-electron chi connectivity index (χ2n) is 8.38. The molecule has 30 heavy (non-hydrogen) atoms. The van der Waals surface area contributed by atoms with Gasteiger partial charge in [-0.3, -0.25) is 14.9 Å². The maximum atomic E-state index is 12.5. The normalized spacial score (nSPS) is 21.0. The largest absolute Gasteiger partial charge is 0.378 e. The van der Waals surface area contributed by atoms with E-state index in [1.165, 1.54) is 11.3 Å². The molecule has 3 fully saturated rings. The Kier molecular flexibility index (Phi) is 6.69. The first-order chi connectivity index (χ1) is 14.6. The van der Waals surface area contributed by atoms with Gasteiger partial charge in [0.25, 0.3) is 11.6 Å². The fraction of sp³-hybridized carbons (Fsp3) is 0.667. The summed E-state index contributed by atoms with van der Waals surface area (Å²) in [4.78, 5) is 31.4. The fourth-order valence-corrected chi connectivity index (χ4v) is 4.65. The number of nitro groups is 1. The van der Waals surface area contributed by atoms with E-state index < -0.39 is 0 Å². The number of quaternary nitrogens is 1. The number of carbonyl (C=O) groups excluding carboxylic acids is 1. The Morgan fingerprint density at radius 1 is 1.00 bits per heavy atom. The molecule has 3 saturated heterocycles. The summed E-state index contributed by atoms with van der Waals surface area (Å²) in [7, 11) is 0. The van der Waals surface area contributed by atoms with Gasteiger partial charge in [0.2, 0.25) is 0 Å². The summed E-state index contributed by atoms with van der Waals surface area (Å²) in [5.74, 6) is 0.212. The highest BCUT2D eigenvalue weighted by Gasteiger charge is 2.27. The first-order valence-electron chi connectivity index (χ1n) is 11.1. The molecule has 3 aliphatic rings. The first-order valence-corrected chi connectivity index (χ1v) is 11.1. The van der Waals surface area contributed by atoms with Crippen LogP contribution in [-0.2, 0) is 9.53 Å². The van der Waals surface area contributed by atoms with E-state index in [0.717, 1.165) is 63.5 Å². The molecule has 1 N–H and O–H groups in total. The number of hydrogen-bond donors (Lipinski definition) is 1. The maximum absolute atomic E-state index is 12.5. The number of piperazine rings is 1. The minimum atomic E-state index is -0.271. The molecule has 3 aliphatic heterocycles. The van der Waals surface area contributed by atoms with Crippen LogP contribution in [0.5, 0.6) is 0 Å². The quantitative estimate of drug-likeness (QED) is 0.541. The Bertz CT molecular complexity index is 754. The number of hydrogen-bond acceptors (Lipinski definition) is 6. The molecule has 0 saturated carbocycles. The molecule has 0 unspecified atom stereocenters. The van der Waals surface area contributed by atoms with Crippen LogP contribution in [0.25, 0.3) is 0 Å². The molecule has 0 aromatic heterocycles. The lowest BCUT2D eigenvalue weighted by atomic mass is 10.1. The first kappa shape index (κ1) is 20.9. The van der Waals surface area contributed by atoms with E-state index in [1.54, 1.807) is 6.07 Å². The summed E-state index contributed by atoms with van der Waals surface area (Å²) in [5.41, 5.74) is 1.98. The summed E-state index contributed by atoms with van der Waals surface area (Å²) in [6, 6.07) is 5.52. The lowest BCUT2D eigenvalue weighted by Crippen LogP contribution is -3.16. The van der Waals surface area contributed by atoms with Gasteiger partial charge in [-0.1, -0.05) is 0 Å².